The molecule has 9 heteroatoms. The fraction of sp³-hybridized carbons (Fsp3) is 0.100. The zero-order valence-corrected chi connectivity index (χ0v) is 16.7. The van der Waals surface area contributed by atoms with E-state index in [1.54, 1.807) is 16.8 Å². The van der Waals surface area contributed by atoms with Gasteiger partial charge in [0.05, 0.1) is 17.6 Å². The Balaban J connectivity index is 1.46. The van der Waals surface area contributed by atoms with Crippen molar-refractivity contribution in [3.63, 3.8) is 0 Å². The molecule has 0 bridgehead atoms. The van der Waals surface area contributed by atoms with E-state index < -0.39 is 0 Å². The predicted molar refractivity (Wildman–Crippen MR) is 114 cm³/mol. The minimum atomic E-state index is -0.291. The summed E-state index contributed by atoms with van der Waals surface area (Å²) in [4.78, 5) is 31.7. The highest BCUT2D eigenvalue weighted by molar-refractivity contribution is 7.99. The van der Waals surface area contributed by atoms with Crippen molar-refractivity contribution in [3.05, 3.63) is 81.7 Å². The van der Waals surface area contributed by atoms with Gasteiger partial charge in [-0.2, -0.15) is 5.10 Å². The maximum atomic E-state index is 12.4. The molecule has 0 fully saturated rings. The lowest BCUT2D eigenvalue weighted by molar-refractivity contribution is -0.118. The average Bonchev–Trinajstić information content (AvgIpc) is 3.17. The number of carbonyl (C=O) groups excluding carboxylic acids is 1. The molecule has 146 valence electrons. The van der Waals surface area contributed by atoms with Gasteiger partial charge >= 0.3 is 0 Å². The van der Waals surface area contributed by atoms with Gasteiger partial charge in [0, 0.05) is 11.6 Å². The van der Waals surface area contributed by atoms with Crippen LogP contribution in [0, 0.1) is 0 Å². The molecule has 2 aromatic heterocycles. The van der Waals surface area contributed by atoms with E-state index >= 15 is 0 Å². The van der Waals surface area contributed by atoms with E-state index in [2.05, 4.69) is 20.4 Å². The molecule has 29 heavy (non-hydrogen) atoms. The second-order valence-electron chi connectivity index (χ2n) is 6.19. The molecule has 0 aliphatic heterocycles. The number of thioether (sulfide) groups is 1. The molecule has 0 spiro atoms. The SMILES string of the molecule is O=C(CSc1nc2c(cnn2-c2ccccc2)c(=O)[nH]1)NCc1ccc(Cl)cc1. The monoisotopic (exact) mass is 425 g/mol. The lowest BCUT2D eigenvalue weighted by Gasteiger charge is -2.06. The Morgan fingerprint density at radius 2 is 1.90 bits per heavy atom. The zero-order valence-electron chi connectivity index (χ0n) is 15.1. The third kappa shape index (κ3) is 4.49. The Labute approximate surface area is 175 Å². The Hall–Kier alpha value is -3.10. The predicted octanol–water partition coefficient (Wildman–Crippen LogP) is 3.17. The number of fused-ring (bicyclic) bond motifs is 1. The number of benzene rings is 2. The topological polar surface area (TPSA) is 92.7 Å². The van der Waals surface area contributed by atoms with Crippen molar-refractivity contribution >= 4 is 40.3 Å². The van der Waals surface area contributed by atoms with E-state index in [-0.39, 0.29) is 17.2 Å². The first-order chi connectivity index (χ1) is 14.1. The van der Waals surface area contributed by atoms with Gasteiger partial charge in [-0.05, 0) is 29.8 Å². The number of hydrogen-bond acceptors (Lipinski definition) is 5. The van der Waals surface area contributed by atoms with Crippen molar-refractivity contribution in [1.82, 2.24) is 25.1 Å². The summed E-state index contributed by atoms with van der Waals surface area (Å²) in [5.74, 6) is -0.0362. The van der Waals surface area contributed by atoms with Crippen LogP contribution in [0.1, 0.15) is 5.56 Å². The molecule has 0 unspecified atom stereocenters. The molecule has 0 aliphatic rings. The third-order valence-corrected chi connectivity index (χ3v) is 5.29. The first-order valence-corrected chi connectivity index (χ1v) is 10.1. The second-order valence-corrected chi connectivity index (χ2v) is 7.59. The third-order valence-electron chi connectivity index (χ3n) is 4.16. The van der Waals surface area contributed by atoms with Crippen LogP contribution < -0.4 is 10.9 Å². The summed E-state index contributed by atoms with van der Waals surface area (Å²) in [6.07, 6.45) is 1.49. The van der Waals surface area contributed by atoms with Gasteiger partial charge in [-0.1, -0.05) is 53.7 Å². The molecule has 2 N–H and O–H groups in total. The number of amides is 1. The number of carbonyl (C=O) groups is 1. The smallest absolute Gasteiger partial charge is 0.262 e. The molecular weight excluding hydrogens is 410 g/mol. The van der Waals surface area contributed by atoms with Crippen molar-refractivity contribution < 1.29 is 4.79 Å². The van der Waals surface area contributed by atoms with Gasteiger partial charge in [0.2, 0.25) is 5.91 Å². The van der Waals surface area contributed by atoms with E-state index in [0.717, 1.165) is 23.0 Å². The molecule has 2 aromatic carbocycles. The van der Waals surface area contributed by atoms with Crippen molar-refractivity contribution in [2.45, 2.75) is 11.7 Å². The quantitative estimate of drug-likeness (QED) is 0.365. The van der Waals surface area contributed by atoms with Gasteiger partial charge in [-0.25, -0.2) is 9.67 Å². The highest BCUT2D eigenvalue weighted by atomic mass is 35.5. The normalized spacial score (nSPS) is 10.9. The molecule has 0 atom stereocenters. The van der Waals surface area contributed by atoms with Crippen LogP contribution >= 0.6 is 23.4 Å². The van der Waals surface area contributed by atoms with E-state index in [9.17, 15) is 9.59 Å². The Kier molecular flexibility index (Phi) is 5.64. The summed E-state index contributed by atoms with van der Waals surface area (Å²) in [6, 6.07) is 16.7. The number of nitrogens with zero attached hydrogens (tertiary/aromatic N) is 3. The summed E-state index contributed by atoms with van der Waals surface area (Å²) in [5, 5.41) is 8.51. The summed E-state index contributed by atoms with van der Waals surface area (Å²) >= 11 is 7.02. The number of nitrogens with one attached hydrogen (secondary N) is 2. The van der Waals surface area contributed by atoms with E-state index in [0.29, 0.717) is 27.8 Å². The van der Waals surface area contributed by atoms with Gasteiger partial charge in [0.1, 0.15) is 5.39 Å². The molecule has 0 saturated carbocycles. The molecule has 0 radical (unpaired) electrons. The van der Waals surface area contributed by atoms with Crippen LogP contribution in [-0.2, 0) is 11.3 Å². The van der Waals surface area contributed by atoms with Gasteiger partial charge in [-0.3, -0.25) is 9.59 Å². The van der Waals surface area contributed by atoms with Crippen LogP contribution in [0.15, 0.2) is 70.7 Å². The number of rotatable bonds is 6. The first kappa shape index (κ1) is 19.2. The Bertz CT molecular complexity index is 1210. The minimum absolute atomic E-state index is 0.126. The molecule has 7 nitrogen and oxygen atoms in total. The van der Waals surface area contributed by atoms with Crippen LogP contribution in [0.5, 0.6) is 0 Å². The maximum absolute atomic E-state index is 12.4. The highest BCUT2D eigenvalue weighted by Crippen LogP contribution is 2.17. The number of H-pyrrole nitrogens is 1. The van der Waals surface area contributed by atoms with Crippen molar-refractivity contribution in [2.75, 3.05) is 5.75 Å². The van der Waals surface area contributed by atoms with Crippen molar-refractivity contribution in [3.8, 4) is 5.69 Å². The molecule has 0 aliphatic carbocycles. The average molecular weight is 426 g/mol. The van der Waals surface area contributed by atoms with Crippen molar-refractivity contribution in [2.24, 2.45) is 0 Å². The molecule has 1 amide bonds. The maximum Gasteiger partial charge on any atom is 0.262 e. The summed E-state index contributed by atoms with van der Waals surface area (Å²) in [5.41, 5.74) is 1.91. The number of hydrogen-bond donors (Lipinski definition) is 2. The van der Waals surface area contributed by atoms with Crippen LogP contribution in [0.4, 0.5) is 0 Å². The van der Waals surface area contributed by atoms with Crippen molar-refractivity contribution in [1.29, 1.82) is 0 Å². The molecule has 4 aromatic rings. The number of halogens is 1. The van der Waals surface area contributed by atoms with Gasteiger partial charge in [0.25, 0.3) is 5.56 Å². The van der Waals surface area contributed by atoms with E-state index in [1.807, 2.05) is 42.5 Å². The van der Waals surface area contributed by atoms with Crippen LogP contribution in [-0.4, -0.2) is 31.4 Å². The van der Waals surface area contributed by atoms with Gasteiger partial charge < -0.3 is 10.3 Å². The van der Waals surface area contributed by atoms with Crippen LogP contribution in [0.3, 0.4) is 0 Å². The second kappa shape index (κ2) is 8.50. The Morgan fingerprint density at radius 3 is 2.66 bits per heavy atom. The Morgan fingerprint density at radius 1 is 1.14 bits per heavy atom. The number of aromatic amines is 1. The standard InChI is InChI=1S/C20H16ClN5O2S/c21-14-8-6-13(7-9-14)10-22-17(27)12-29-20-24-18-16(19(28)25-20)11-23-26(18)15-4-2-1-3-5-15/h1-9,11H,10,12H2,(H,22,27)(H,24,25,28). The lowest BCUT2D eigenvalue weighted by atomic mass is 10.2. The van der Waals surface area contributed by atoms with Gasteiger partial charge in [-0.15, -0.1) is 0 Å². The highest BCUT2D eigenvalue weighted by Gasteiger charge is 2.12. The number of para-hydroxylation sites is 1. The number of aromatic nitrogens is 4. The summed E-state index contributed by atoms with van der Waals surface area (Å²) in [6.45, 7) is 0.403. The zero-order chi connectivity index (χ0) is 20.2. The fourth-order valence-corrected chi connectivity index (χ4v) is 3.52. The van der Waals surface area contributed by atoms with Crippen LogP contribution in [0.25, 0.3) is 16.7 Å². The first-order valence-electron chi connectivity index (χ1n) is 8.77. The lowest BCUT2D eigenvalue weighted by Crippen LogP contribution is -2.24. The summed E-state index contributed by atoms with van der Waals surface area (Å²) in [7, 11) is 0. The van der Waals surface area contributed by atoms with Gasteiger partial charge in [0.15, 0.2) is 10.8 Å². The molecule has 2 heterocycles. The molecule has 4 rings (SSSR count). The van der Waals surface area contributed by atoms with E-state index in [4.69, 9.17) is 11.6 Å². The largest absolute Gasteiger partial charge is 0.351 e. The molecule has 0 saturated heterocycles. The van der Waals surface area contributed by atoms with Crippen LogP contribution in [0.2, 0.25) is 5.02 Å². The molecular formula is C20H16ClN5O2S. The fourth-order valence-electron chi connectivity index (χ4n) is 2.71. The van der Waals surface area contributed by atoms with E-state index in [1.165, 1.54) is 6.20 Å². The summed E-state index contributed by atoms with van der Waals surface area (Å²) < 4.78 is 1.61. The minimum Gasteiger partial charge on any atom is -0.351 e.